The van der Waals surface area contributed by atoms with Crippen LogP contribution in [0, 0.1) is 5.92 Å². The van der Waals surface area contributed by atoms with Gasteiger partial charge in [0, 0.05) is 23.8 Å². The minimum Gasteiger partial charge on any atom is -0.493 e. The number of nitrogens with one attached hydrogen (secondary N) is 1. The fourth-order valence-corrected chi connectivity index (χ4v) is 2.44. The quantitative estimate of drug-likeness (QED) is 0.839. The molecule has 1 heterocycles. The Balaban J connectivity index is 2.45. The highest BCUT2D eigenvalue weighted by Crippen LogP contribution is 2.41. The summed E-state index contributed by atoms with van der Waals surface area (Å²) in [4.78, 5) is 23.3. The lowest BCUT2D eigenvalue weighted by Gasteiger charge is -2.29. The number of methoxy groups -OCH3 is 2. The minimum absolute atomic E-state index is 0.189. The van der Waals surface area contributed by atoms with Crippen LogP contribution >= 0.6 is 0 Å². The first-order valence-corrected chi connectivity index (χ1v) is 6.13. The molecule has 102 valence electrons. The smallest absolute Gasteiger partial charge is 0.230 e. The largest absolute Gasteiger partial charge is 0.493 e. The van der Waals surface area contributed by atoms with E-state index < -0.39 is 0 Å². The zero-order valence-electron chi connectivity index (χ0n) is 11.2. The molecule has 1 fully saturated rings. The van der Waals surface area contributed by atoms with E-state index in [9.17, 15) is 9.59 Å². The first kappa shape index (κ1) is 13.4. The van der Waals surface area contributed by atoms with Crippen molar-refractivity contribution in [1.29, 1.82) is 0 Å². The molecule has 0 bridgehead atoms. The van der Waals surface area contributed by atoms with Crippen LogP contribution < -0.4 is 14.8 Å². The highest BCUT2D eigenvalue weighted by atomic mass is 16.5. The van der Waals surface area contributed by atoms with E-state index in [2.05, 4.69) is 5.32 Å². The van der Waals surface area contributed by atoms with E-state index >= 15 is 0 Å². The summed E-state index contributed by atoms with van der Waals surface area (Å²) in [5.41, 5.74) is 0.831. The average molecular weight is 263 g/mol. The van der Waals surface area contributed by atoms with Gasteiger partial charge >= 0.3 is 0 Å². The Morgan fingerprint density at radius 1 is 1.21 bits per heavy atom. The summed E-state index contributed by atoms with van der Waals surface area (Å²) in [5.74, 6) is 0.226. The van der Waals surface area contributed by atoms with Gasteiger partial charge in [-0.1, -0.05) is 19.1 Å². The van der Waals surface area contributed by atoms with Crippen molar-refractivity contribution in [1.82, 2.24) is 5.32 Å². The molecule has 2 atom stereocenters. The van der Waals surface area contributed by atoms with E-state index in [0.717, 1.165) is 5.56 Å². The fraction of sp³-hybridized carbons (Fsp3) is 0.429. The molecule has 1 aliphatic heterocycles. The molecule has 1 aromatic carbocycles. The molecule has 2 amide bonds. The Hall–Kier alpha value is -2.04. The van der Waals surface area contributed by atoms with Gasteiger partial charge in [-0.05, 0) is 6.07 Å². The third-order valence-electron chi connectivity index (χ3n) is 3.52. The number of rotatable bonds is 3. The maximum absolute atomic E-state index is 11.7. The van der Waals surface area contributed by atoms with Gasteiger partial charge in [-0.15, -0.1) is 0 Å². The van der Waals surface area contributed by atoms with E-state index in [1.165, 1.54) is 0 Å². The van der Waals surface area contributed by atoms with E-state index in [1.807, 2.05) is 19.1 Å². The molecule has 2 rings (SSSR count). The third-order valence-corrected chi connectivity index (χ3v) is 3.52. The maximum atomic E-state index is 11.7. The Morgan fingerprint density at radius 3 is 2.58 bits per heavy atom. The summed E-state index contributed by atoms with van der Waals surface area (Å²) in [6.07, 6.45) is 0.274. The molecule has 1 N–H and O–H groups in total. The number of benzene rings is 1. The third kappa shape index (κ3) is 2.41. The number of amides is 2. The Bertz CT molecular complexity index is 512. The Kier molecular flexibility index (Phi) is 3.74. The van der Waals surface area contributed by atoms with Crippen molar-refractivity contribution < 1.29 is 19.1 Å². The van der Waals surface area contributed by atoms with E-state index in [0.29, 0.717) is 11.5 Å². The van der Waals surface area contributed by atoms with Crippen molar-refractivity contribution in [2.75, 3.05) is 14.2 Å². The highest BCUT2D eigenvalue weighted by molar-refractivity contribution is 5.99. The summed E-state index contributed by atoms with van der Waals surface area (Å²) < 4.78 is 10.6. The second-order valence-electron chi connectivity index (χ2n) is 4.59. The number of para-hydroxylation sites is 1. The van der Waals surface area contributed by atoms with Gasteiger partial charge in [0.2, 0.25) is 11.8 Å². The first-order chi connectivity index (χ1) is 9.08. The molecule has 2 unspecified atom stereocenters. The monoisotopic (exact) mass is 263 g/mol. The van der Waals surface area contributed by atoms with Crippen LogP contribution in [0.15, 0.2) is 18.2 Å². The summed E-state index contributed by atoms with van der Waals surface area (Å²) >= 11 is 0. The first-order valence-electron chi connectivity index (χ1n) is 6.13. The lowest BCUT2D eigenvalue weighted by atomic mass is 9.81. The molecular weight excluding hydrogens is 246 g/mol. The molecule has 1 aromatic rings. The van der Waals surface area contributed by atoms with Crippen LogP contribution in [0.1, 0.15) is 24.8 Å². The van der Waals surface area contributed by atoms with Gasteiger partial charge in [-0.3, -0.25) is 14.9 Å². The van der Waals surface area contributed by atoms with Crippen molar-refractivity contribution in [3.05, 3.63) is 23.8 Å². The van der Waals surface area contributed by atoms with Crippen molar-refractivity contribution >= 4 is 11.8 Å². The molecule has 0 aliphatic carbocycles. The predicted molar refractivity (Wildman–Crippen MR) is 69.2 cm³/mol. The number of carbonyl (C=O) groups excluding carboxylic acids is 2. The van der Waals surface area contributed by atoms with Crippen LogP contribution in [0.4, 0.5) is 0 Å². The second-order valence-corrected chi connectivity index (χ2v) is 4.59. The van der Waals surface area contributed by atoms with Gasteiger partial charge in [0.1, 0.15) is 0 Å². The summed E-state index contributed by atoms with van der Waals surface area (Å²) in [6.45, 7) is 1.81. The lowest BCUT2D eigenvalue weighted by molar-refractivity contribution is -0.136. The van der Waals surface area contributed by atoms with Gasteiger partial charge < -0.3 is 9.47 Å². The van der Waals surface area contributed by atoms with E-state index in [1.54, 1.807) is 20.3 Å². The van der Waals surface area contributed by atoms with Crippen LogP contribution in [0.25, 0.3) is 0 Å². The van der Waals surface area contributed by atoms with E-state index in [-0.39, 0.29) is 30.1 Å². The summed E-state index contributed by atoms with van der Waals surface area (Å²) in [7, 11) is 3.11. The average Bonchev–Trinajstić information content (AvgIpc) is 2.41. The van der Waals surface area contributed by atoms with Gasteiger partial charge in [0.25, 0.3) is 0 Å². The van der Waals surface area contributed by atoms with Gasteiger partial charge in [-0.2, -0.15) is 0 Å². The second kappa shape index (κ2) is 5.30. The molecule has 5 heteroatoms. The predicted octanol–water partition coefficient (Wildman–Crippen LogP) is 1.47. The minimum atomic E-state index is -0.279. The number of hydrogen-bond donors (Lipinski definition) is 1. The Morgan fingerprint density at radius 2 is 1.95 bits per heavy atom. The molecule has 0 saturated carbocycles. The van der Waals surface area contributed by atoms with Crippen molar-refractivity contribution in [3.63, 3.8) is 0 Å². The molecule has 0 spiro atoms. The van der Waals surface area contributed by atoms with Gasteiger partial charge in [0.15, 0.2) is 11.5 Å². The number of ether oxygens (including phenoxy) is 2. The number of hydrogen-bond acceptors (Lipinski definition) is 4. The number of piperidine rings is 1. The van der Waals surface area contributed by atoms with Gasteiger partial charge in [0.05, 0.1) is 14.2 Å². The number of imide groups is 1. The topological polar surface area (TPSA) is 64.6 Å². The highest BCUT2D eigenvalue weighted by Gasteiger charge is 2.35. The molecule has 0 radical (unpaired) electrons. The zero-order chi connectivity index (χ0) is 14.0. The zero-order valence-corrected chi connectivity index (χ0v) is 11.2. The summed E-state index contributed by atoms with van der Waals surface area (Å²) in [6, 6.07) is 5.49. The fourth-order valence-electron chi connectivity index (χ4n) is 2.44. The molecule has 0 aromatic heterocycles. The van der Waals surface area contributed by atoms with Crippen molar-refractivity contribution in [2.24, 2.45) is 5.92 Å². The molecule has 1 saturated heterocycles. The van der Waals surface area contributed by atoms with Crippen LogP contribution in [-0.4, -0.2) is 26.0 Å². The molecule has 19 heavy (non-hydrogen) atoms. The van der Waals surface area contributed by atoms with Crippen LogP contribution in [0.3, 0.4) is 0 Å². The maximum Gasteiger partial charge on any atom is 0.230 e. The van der Waals surface area contributed by atoms with Crippen molar-refractivity contribution in [2.45, 2.75) is 19.3 Å². The summed E-state index contributed by atoms with van der Waals surface area (Å²) in [5, 5.41) is 2.34. The number of carbonyl (C=O) groups is 2. The van der Waals surface area contributed by atoms with E-state index in [4.69, 9.17) is 9.47 Å². The molecule has 5 nitrogen and oxygen atoms in total. The SMILES string of the molecule is COc1cccc(C2CC(=O)NC(=O)C2C)c1OC. The van der Waals surface area contributed by atoms with Crippen LogP contribution in [0.5, 0.6) is 11.5 Å². The van der Waals surface area contributed by atoms with Crippen LogP contribution in [-0.2, 0) is 9.59 Å². The lowest BCUT2D eigenvalue weighted by Crippen LogP contribution is -2.43. The standard InChI is InChI=1S/C14H17NO4/c1-8-10(7-12(16)15-14(8)17)9-5-4-6-11(18-2)13(9)19-3/h4-6,8,10H,7H2,1-3H3,(H,15,16,17). The Labute approximate surface area is 111 Å². The molecular formula is C14H17NO4. The van der Waals surface area contributed by atoms with Gasteiger partial charge in [-0.25, -0.2) is 0 Å². The molecule has 1 aliphatic rings. The van der Waals surface area contributed by atoms with Crippen molar-refractivity contribution in [3.8, 4) is 11.5 Å². The normalized spacial score (nSPS) is 22.9. The van der Waals surface area contributed by atoms with Crippen LogP contribution in [0.2, 0.25) is 0 Å².